The molecule has 2 aromatic rings. The van der Waals surface area contributed by atoms with Gasteiger partial charge in [0.2, 0.25) is 0 Å². The molecule has 1 heterocycles. The van der Waals surface area contributed by atoms with Gasteiger partial charge in [-0.2, -0.15) is 0 Å². The second-order valence-electron chi connectivity index (χ2n) is 3.00. The lowest BCUT2D eigenvalue weighted by Crippen LogP contribution is -2.07. The van der Waals surface area contributed by atoms with E-state index >= 15 is 0 Å². The molecule has 0 unspecified atom stereocenters. The van der Waals surface area contributed by atoms with Crippen LogP contribution in [0.15, 0.2) is 41.9 Å². The summed E-state index contributed by atoms with van der Waals surface area (Å²) in [6.07, 6.45) is 2.59. The van der Waals surface area contributed by atoms with Crippen molar-refractivity contribution >= 4 is 29.2 Å². The van der Waals surface area contributed by atoms with Gasteiger partial charge in [0, 0.05) is 11.6 Å². The van der Waals surface area contributed by atoms with Crippen molar-refractivity contribution in [2.75, 3.05) is 0 Å². The molecule has 3 nitrogen and oxygen atoms in total. The molecule has 0 bridgehead atoms. The van der Waals surface area contributed by atoms with E-state index in [0.717, 1.165) is 11.8 Å². The number of nitrogens with zero attached hydrogens (tertiary/aromatic N) is 1. The smallest absolute Gasteiger partial charge is 0.169 e. The van der Waals surface area contributed by atoms with Crippen LogP contribution < -0.4 is 5.73 Å². The average Bonchev–Trinajstić information content (AvgIpc) is 2.23. The number of rotatable bonds is 3. The number of benzene rings is 1. The molecular formula is C11H10N2OS. The first-order valence-corrected chi connectivity index (χ1v) is 5.29. The minimum atomic E-state index is 0.494. The van der Waals surface area contributed by atoms with Gasteiger partial charge in [-0.1, -0.05) is 41.9 Å². The van der Waals surface area contributed by atoms with Crippen LogP contribution in [0.5, 0.6) is 0 Å². The van der Waals surface area contributed by atoms with Crippen LogP contribution in [-0.2, 0) is 4.79 Å². The Kier molecular flexibility index (Phi) is 2.69. The highest BCUT2D eigenvalue weighted by molar-refractivity contribution is 7.06. The summed E-state index contributed by atoms with van der Waals surface area (Å²) in [5, 5.41) is 1.89. The molecule has 2 N–H and O–H groups in total. The van der Waals surface area contributed by atoms with Crippen LogP contribution >= 0.6 is 11.5 Å². The van der Waals surface area contributed by atoms with Crippen LogP contribution in [0.2, 0.25) is 0 Å². The summed E-state index contributed by atoms with van der Waals surface area (Å²) in [5.41, 5.74) is 7.78. The van der Waals surface area contributed by atoms with E-state index in [2.05, 4.69) is 0 Å². The van der Waals surface area contributed by atoms with E-state index in [1.807, 2.05) is 41.9 Å². The molecule has 0 aliphatic heterocycles. The third-order valence-electron chi connectivity index (χ3n) is 2.08. The fraction of sp³-hybridized carbons (Fsp3) is 0. The van der Waals surface area contributed by atoms with Crippen LogP contribution in [0.25, 0.3) is 11.4 Å². The van der Waals surface area contributed by atoms with Crippen molar-refractivity contribution in [2.45, 2.75) is 0 Å². The molecule has 0 spiro atoms. The molecule has 0 aliphatic carbocycles. The van der Waals surface area contributed by atoms with Crippen molar-refractivity contribution in [1.29, 1.82) is 0 Å². The van der Waals surface area contributed by atoms with Gasteiger partial charge in [0.15, 0.2) is 6.29 Å². The van der Waals surface area contributed by atoms with E-state index in [9.17, 15) is 4.79 Å². The Morgan fingerprint density at radius 1 is 1.33 bits per heavy atom. The van der Waals surface area contributed by atoms with Crippen molar-refractivity contribution < 1.29 is 4.79 Å². The summed E-state index contributed by atoms with van der Waals surface area (Å²) in [6.45, 7) is 0. The van der Waals surface area contributed by atoms with Gasteiger partial charge in [0.25, 0.3) is 0 Å². The fourth-order valence-corrected chi connectivity index (χ4v) is 1.76. The van der Waals surface area contributed by atoms with E-state index in [1.54, 1.807) is 3.96 Å². The molecule has 0 atom stereocenters. The molecule has 4 heteroatoms. The van der Waals surface area contributed by atoms with Crippen molar-refractivity contribution in [3.05, 3.63) is 47.5 Å². The zero-order valence-corrected chi connectivity index (χ0v) is 8.78. The first kappa shape index (κ1) is 9.73. The number of aromatic nitrogens is 1. The molecule has 15 heavy (non-hydrogen) atoms. The van der Waals surface area contributed by atoms with E-state index in [1.165, 1.54) is 11.5 Å². The second kappa shape index (κ2) is 4.14. The lowest BCUT2D eigenvalue weighted by Gasteiger charge is -2.10. The Morgan fingerprint density at radius 2 is 2.00 bits per heavy atom. The van der Waals surface area contributed by atoms with Crippen LogP contribution in [0.4, 0.5) is 0 Å². The van der Waals surface area contributed by atoms with Crippen LogP contribution in [0, 0.1) is 0 Å². The second-order valence-corrected chi connectivity index (χ2v) is 3.88. The summed E-state index contributed by atoms with van der Waals surface area (Å²) >= 11 is 1.44. The molecule has 0 aliphatic rings. The molecule has 0 radical (unpaired) electrons. The Balaban J connectivity index is 2.46. The predicted octanol–water partition coefficient (Wildman–Crippen LogP) is 2.03. The van der Waals surface area contributed by atoms with E-state index in [4.69, 9.17) is 5.73 Å². The van der Waals surface area contributed by atoms with Crippen molar-refractivity contribution in [3.63, 3.8) is 0 Å². The lowest BCUT2D eigenvalue weighted by molar-refractivity contribution is -0.103. The molecule has 1 aromatic carbocycles. The molecule has 0 saturated heterocycles. The highest BCUT2D eigenvalue weighted by Gasteiger charge is 2.07. The molecular weight excluding hydrogens is 208 g/mol. The van der Waals surface area contributed by atoms with Gasteiger partial charge in [0.1, 0.15) is 5.70 Å². The third kappa shape index (κ3) is 1.85. The van der Waals surface area contributed by atoms with Gasteiger partial charge >= 0.3 is 0 Å². The highest BCUT2D eigenvalue weighted by Crippen LogP contribution is 2.18. The standard InChI is InChI=1S/C11H10N2OS/c12-11(9-4-2-1-3-5-9)10(8-14)13-6-7-15-13/h1-8H,12H2/b11-10-. The number of allylic oxidation sites excluding steroid dienone is 1. The number of hydrogen-bond acceptors (Lipinski definition) is 3. The maximum atomic E-state index is 10.9. The van der Waals surface area contributed by atoms with Crippen LogP contribution in [0.1, 0.15) is 5.56 Å². The highest BCUT2D eigenvalue weighted by atomic mass is 32.1. The number of hydrogen-bond donors (Lipinski definition) is 1. The van der Waals surface area contributed by atoms with Gasteiger partial charge in [-0.25, -0.2) is 0 Å². The fourth-order valence-electron chi connectivity index (χ4n) is 1.26. The first-order chi connectivity index (χ1) is 7.33. The quantitative estimate of drug-likeness (QED) is 0.633. The Hall–Kier alpha value is -1.81. The monoisotopic (exact) mass is 218 g/mol. The number of carbonyl (C=O) groups excluding carboxylic acids is 1. The van der Waals surface area contributed by atoms with Crippen molar-refractivity contribution in [1.82, 2.24) is 3.96 Å². The minimum absolute atomic E-state index is 0.494. The predicted molar refractivity (Wildman–Crippen MR) is 62.1 cm³/mol. The van der Waals surface area contributed by atoms with Gasteiger partial charge in [-0.15, -0.1) is 0 Å². The summed E-state index contributed by atoms with van der Waals surface area (Å²) in [6, 6.07) is 9.46. The summed E-state index contributed by atoms with van der Waals surface area (Å²) in [4.78, 5) is 10.9. The SMILES string of the molecule is N/C(=C(/C=O)n1ccs1)c1ccccc1. The normalized spacial score (nSPS) is 12.3. The van der Waals surface area contributed by atoms with E-state index < -0.39 is 0 Å². The first-order valence-electron chi connectivity index (χ1n) is 4.46. The van der Waals surface area contributed by atoms with Crippen molar-refractivity contribution in [2.24, 2.45) is 5.73 Å². The summed E-state index contributed by atoms with van der Waals surface area (Å²) in [5.74, 6) is 0. The molecule has 76 valence electrons. The van der Waals surface area contributed by atoms with Crippen molar-refractivity contribution in [3.8, 4) is 0 Å². The molecule has 2 rings (SSSR count). The van der Waals surface area contributed by atoms with Gasteiger partial charge in [-0.3, -0.25) is 8.75 Å². The zero-order chi connectivity index (χ0) is 10.7. The van der Waals surface area contributed by atoms with E-state index in [0.29, 0.717) is 11.4 Å². The Bertz CT molecular complexity index is 472. The topological polar surface area (TPSA) is 48.0 Å². The third-order valence-corrected chi connectivity index (χ3v) is 2.87. The zero-order valence-electron chi connectivity index (χ0n) is 7.96. The maximum Gasteiger partial charge on any atom is 0.169 e. The van der Waals surface area contributed by atoms with E-state index in [-0.39, 0.29) is 0 Å². The van der Waals surface area contributed by atoms with Crippen LogP contribution in [0.3, 0.4) is 0 Å². The average molecular weight is 218 g/mol. The summed E-state index contributed by atoms with van der Waals surface area (Å²) in [7, 11) is 0. The number of nitrogens with two attached hydrogens (primary N) is 1. The summed E-state index contributed by atoms with van der Waals surface area (Å²) < 4.78 is 1.75. The minimum Gasteiger partial charge on any atom is -0.396 e. The Morgan fingerprint density at radius 3 is 2.47 bits per heavy atom. The molecule has 0 fully saturated rings. The van der Waals surface area contributed by atoms with Crippen LogP contribution in [-0.4, -0.2) is 10.2 Å². The largest absolute Gasteiger partial charge is 0.396 e. The number of carbonyl (C=O) groups is 1. The maximum absolute atomic E-state index is 10.9. The van der Waals surface area contributed by atoms with Gasteiger partial charge in [0.05, 0.1) is 5.70 Å². The molecule has 1 aromatic heterocycles. The van der Waals surface area contributed by atoms with Gasteiger partial charge < -0.3 is 5.73 Å². The molecule has 0 amide bonds. The Labute approximate surface area is 91.6 Å². The van der Waals surface area contributed by atoms with Gasteiger partial charge in [-0.05, 0) is 5.56 Å². The number of aldehydes is 1. The molecule has 0 saturated carbocycles. The lowest BCUT2D eigenvalue weighted by atomic mass is 10.1.